The van der Waals surface area contributed by atoms with E-state index in [0.29, 0.717) is 17.1 Å². The number of nitrogens with zero attached hydrogens (tertiary/aromatic N) is 1. The Balaban J connectivity index is 1.36. The van der Waals surface area contributed by atoms with Crippen molar-refractivity contribution in [2.24, 2.45) is 0 Å². The first-order chi connectivity index (χ1) is 15.1. The van der Waals surface area contributed by atoms with Crippen LogP contribution in [0.25, 0.3) is 11.1 Å². The van der Waals surface area contributed by atoms with Gasteiger partial charge in [-0.1, -0.05) is 24.3 Å². The summed E-state index contributed by atoms with van der Waals surface area (Å²) in [5.41, 5.74) is 4.77. The lowest BCUT2D eigenvalue weighted by Crippen LogP contribution is -2.21. The summed E-state index contributed by atoms with van der Waals surface area (Å²) in [7, 11) is 0. The Morgan fingerprint density at radius 1 is 1.06 bits per heavy atom. The minimum atomic E-state index is -0.443. The summed E-state index contributed by atoms with van der Waals surface area (Å²) >= 11 is 3.97. The summed E-state index contributed by atoms with van der Waals surface area (Å²) in [6.45, 7) is 1.99. The monoisotopic (exact) mass is 447 g/mol. The number of thioether (sulfide) groups is 2. The number of furan rings is 1. The number of carbonyl (C=O) groups is 1. The Morgan fingerprint density at radius 2 is 1.71 bits per heavy atom. The molecule has 2 aromatic carbocycles. The molecular weight excluding hydrogens is 426 g/mol. The highest BCUT2D eigenvalue weighted by atomic mass is 32.2. The normalized spacial score (nSPS) is 16.6. The number of hydrogen-bond acceptors (Lipinski definition) is 6. The molecule has 2 heterocycles. The first-order valence-electron chi connectivity index (χ1n) is 10.3. The average Bonchev–Trinajstić information content (AvgIpc) is 3.40. The van der Waals surface area contributed by atoms with Gasteiger partial charge in [0, 0.05) is 29.1 Å². The maximum absolute atomic E-state index is 12.9. The highest BCUT2D eigenvalue weighted by Gasteiger charge is 2.45. The quantitative estimate of drug-likeness (QED) is 0.346. The molecule has 0 bridgehead atoms. The van der Waals surface area contributed by atoms with Gasteiger partial charge in [-0.3, -0.25) is 0 Å². The van der Waals surface area contributed by atoms with Crippen LogP contribution in [0.15, 0.2) is 52.9 Å². The topological polar surface area (TPSA) is 63.2 Å². The Kier molecular flexibility index (Phi) is 5.33. The number of benzene rings is 2. The minimum absolute atomic E-state index is 0.0441. The summed E-state index contributed by atoms with van der Waals surface area (Å²) in [6, 6.07) is 16.9. The second-order valence-corrected chi connectivity index (χ2v) is 10.8. The lowest BCUT2D eigenvalue weighted by Gasteiger charge is -2.31. The van der Waals surface area contributed by atoms with E-state index in [2.05, 4.69) is 6.07 Å². The molecule has 1 aliphatic carbocycles. The number of aryl methyl sites for hydroxylation is 1. The van der Waals surface area contributed by atoms with Crippen molar-refractivity contribution in [3.05, 3.63) is 76.7 Å². The van der Waals surface area contributed by atoms with E-state index >= 15 is 0 Å². The fourth-order valence-corrected chi connectivity index (χ4v) is 7.96. The Bertz CT molecular complexity index is 1170. The molecule has 6 heteroatoms. The molecule has 5 rings (SSSR count). The minimum Gasteiger partial charge on any atom is -0.453 e. The first-order valence-corrected chi connectivity index (χ1v) is 12.3. The van der Waals surface area contributed by atoms with E-state index in [4.69, 9.17) is 14.4 Å². The average molecular weight is 448 g/mol. The molecular formula is C25H21NO3S2. The van der Waals surface area contributed by atoms with Crippen LogP contribution in [-0.4, -0.2) is 17.5 Å². The lowest BCUT2D eigenvalue weighted by molar-refractivity contribution is 0.0698. The van der Waals surface area contributed by atoms with Gasteiger partial charge in [0.25, 0.3) is 0 Å². The molecule has 1 aromatic heterocycles. The van der Waals surface area contributed by atoms with Crippen molar-refractivity contribution in [1.29, 1.82) is 5.26 Å². The van der Waals surface area contributed by atoms with Crippen molar-refractivity contribution < 1.29 is 13.9 Å². The van der Waals surface area contributed by atoms with Crippen molar-refractivity contribution in [2.75, 3.05) is 11.5 Å². The number of rotatable bonds is 3. The van der Waals surface area contributed by atoms with Crippen LogP contribution in [-0.2, 0) is 10.5 Å². The number of ether oxygens (including phenoxy) is 1. The highest BCUT2D eigenvalue weighted by Crippen LogP contribution is 2.59. The van der Waals surface area contributed by atoms with Gasteiger partial charge in [-0.25, -0.2) is 4.79 Å². The number of carbonyl (C=O) groups excluding carboxylic acids is 1. The molecule has 0 unspecified atom stereocenters. The van der Waals surface area contributed by atoms with Crippen LogP contribution in [0.4, 0.5) is 0 Å². The fourth-order valence-electron chi connectivity index (χ4n) is 4.40. The summed E-state index contributed by atoms with van der Waals surface area (Å²) in [4.78, 5) is 12.9. The van der Waals surface area contributed by atoms with Gasteiger partial charge in [0.05, 0.1) is 15.7 Å². The fraction of sp³-hybridized carbons (Fsp3) is 0.280. The van der Waals surface area contributed by atoms with Crippen molar-refractivity contribution in [1.82, 2.24) is 0 Å². The maximum atomic E-state index is 12.9. The molecule has 1 spiro atoms. The highest BCUT2D eigenvalue weighted by molar-refractivity contribution is 8.20. The Labute approximate surface area is 190 Å². The lowest BCUT2D eigenvalue weighted by atomic mass is 9.94. The van der Waals surface area contributed by atoms with Gasteiger partial charge in [0.1, 0.15) is 11.5 Å². The van der Waals surface area contributed by atoms with Crippen molar-refractivity contribution in [3.63, 3.8) is 0 Å². The molecule has 1 aliphatic heterocycles. The number of nitriles is 1. The molecule has 0 atom stereocenters. The van der Waals surface area contributed by atoms with Crippen molar-refractivity contribution >= 4 is 29.5 Å². The third-order valence-corrected chi connectivity index (χ3v) is 9.39. The zero-order chi connectivity index (χ0) is 21.4. The molecule has 3 aromatic rings. The molecule has 0 saturated carbocycles. The maximum Gasteiger partial charge on any atom is 0.379 e. The molecule has 1 saturated heterocycles. The van der Waals surface area contributed by atoms with E-state index in [9.17, 15) is 4.79 Å². The van der Waals surface area contributed by atoms with E-state index in [1.807, 2.05) is 54.7 Å². The van der Waals surface area contributed by atoms with Crippen LogP contribution in [0.2, 0.25) is 0 Å². The molecule has 31 heavy (non-hydrogen) atoms. The third-order valence-electron chi connectivity index (χ3n) is 5.86. The molecule has 0 amide bonds. The zero-order valence-electron chi connectivity index (χ0n) is 17.1. The van der Waals surface area contributed by atoms with Crippen LogP contribution in [0.3, 0.4) is 0 Å². The van der Waals surface area contributed by atoms with Crippen LogP contribution in [0, 0.1) is 18.3 Å². The zero-order valence-corrected chi connectivity index (χ0v) is 18.8. The first kappa shape index (κ1) is 20.3. The van der Waals surface area contributed by atoms with Gasteiger partial charge in [-0.05, 0) is 55.2 Å². The van der Waals surface area contributed by atoms with Crippen LogP contribution < -0.4 is 4.74 Å². The van der Waals surface area contributed by atoms with Crippen LogP contribution >= 0.6 is 23.5 Å². The van der Waals surface area contributed by atoms with Gasteiger partial charge >= 0.3 is 5.97 Å². The molecule has 4 nitrogen and oxygen atoms in total. The summed E-state index contributed by atoms with van der Waals surface area (Å²) in [5.74, 6) is 3.60. The summed E-state index contributed by atoms with van der Waals surface area (Å²) in [5, 5.41) is 8.94. The summed E-state index contributed by atoms with van der Waals surface area (Å²) in [6.07, 6.45) is 3.10. The van der Waals surface area contributed by atoms with E-state index in [1.54, 1.807) is 24.3 Å². The van der Waals surface area contributed by atoms with Gasteiger partial charge in [0.15, 0.2) is 0 Å². The van der Waals surface area contributed by atoms with E-state index in [1.165, 1.54) is 5.56 Å². The molecule has 156 valence electrons. The molecule has 2 aliphatic rings. The summed E-state index contributed by atoms with van der Waals surface area (Å²) < 4.78 is 11.7. The standard InChI is InChI=1S/C25H21NO3S2/c1-16-22-21(3-2-12-25(22)30-13-14-31-25)29-23(16)24(27)28-20-10-8-19(9-11-20)18-6-4-17(15-26)5-7-18/h4-11H,2-3,12-14H2,1H3. The third kappa shape index (κ3) is 3.66. The van der Waals surface area contributed by atoms with Crippen molar-refractivity contribution in [2.45, 2.75) is 30.3 Å². The number of hydrogen-bond donors (Lipinski definition) is 0. The molecule has 1 fully saturated rings. The number of esters is 1. The SMILES string of the molecule is Cc1c(C(=O)Oc2ccc(-c3ccc(C#N)cc3)cc2)oc2c1C1(CCC2)SCCS1. The van der Waals surface area contributed by atoms with Gasteiger partial charge in [-0.15, -0.1) is 23.5 Å². The predicted molar refractivity (Wildman–Crippen MR) is 125 cm³/mol. The molecule has 0 radical (unpaired) electrons. The van der Waals surface area contributed by atoms with Crippen molar-refractivity contribution in [3.8, 4) is 22.9 Å². The van der Waals surface area contributed by atoms with Crippen LogP contribution in [0.5, 0.6) is 5.75 Å². The van der Waals surface area contributed by atoms with Gasteiger partial charge in [0.2, 0.25) is 5.76 Å². The largest absolute Gasteiger partial charge is 0.453 e. The molecule has 0 N–H and O–H groups in total. The second-order valence-electron chi connectivity index (χ2n) is 7.76. The second kappa shape index (κ2) is 8.14. The van der Waals surface area contributed by atoms with Gasteiger partial charge in [-0.2, -0.15) is 5.26 Å². The van der Waals surface area contributed by atoms with E-state index in [-0.39, 0.29) is 4.08 Å². The number of fused-ring (bicyclic) bond motifs is 2. The van der Waals surface area contributed by atoms with Crippen LogP contribution in [0.1, 0.15) is 45.8 Å². The smallest absolute Gasteiger partial charge is 0.379 e. The Morgan fingerprint density at radius 3 is 2.35 bits per heavy atom. The predicted octanol–water partition coefficient (Wildman–Crippen LogP) is 6.32. The van der Waals surface area contributed by atoms with Gasteiger partial charge < -0.3 is 9.15 Å². The van der Waals surface area contributed by atoms with E-state index in [0.717, 1.165) is 53.2 Å². The Hall–Kier alpha value is -2.62. The van der Waals surface area contributed by atoms with E-state index < -0.39 is 5.97 Å².